The molecule has 68 valence electrons. The SMILES string of the molecule is C=CCC1CNC2CCCC2C1. The van der Waals surface area contributed by atoms with E-state index in [1.54, 1.807) is 0 Å². The van der Waals surface area contributed by atoms with Crippen molar-refractivity contribution < 1.29 is 0 Å². The van der Waals surface area contributed by atoms with E-state index in [1.807, 2.05) is 0 Å². The lowest BCUT2D eigenvalue weighted by Crippen LogP contribution is -2.42. The zero-order chi connectivity index (χ0) is 8.39. The summed E-state index contributed by atoms with van der Waals surface area (Å²) in [6.07, 6.45) is 9.06. The Kier molecular flexibility index (Phi) is 2.50. The number of hydrogen-bond acceptors (Lipinski definition) is 1. The maximum absolute atomic E-state index is 3.81. The van der Waals surface area contributed by atoms with Crippen LogP contribution in [0, 0.1) is 11.8 Å². The number of allylic oxidation sites excluding steroid dienone is 1. The van der Waals surface area contributed by atoms with Crippen molar-refractivity contribution in [1.29, 1.82) is 0 Å². The van der Waals surface area contributed by atoms with E-state index in [0.29, 0.717) is 0 Å². The fraction of sp³-hybridized carbons (Fsp3) is 0.818. The summed E-state index contributed by atoms with van der Waals surface area (Å²) in [5.41, 5.74) is 0. The molecule has 2 aliphatic rings. The summed E-state index contributed by atoms with van der Waals surface area (Å²) in [4.78, 5) is 0. The smallest absolute Gasteiger partial charge is 0.00955 e. The van der Waals surface area contributed by atoms with E-state index in [0.717, 1.165) is 17.9 Å². The maximum Gasteiger partial charge on any atom is 0.00955 e. The van der Waals surface area contributed by atoms with E-state index in [2.05, 4.69) is 18.0 Å². The van der Waals surface area contributed by atoms with Gasteiger partial charge in [-0.1, -0.05) is 12.5 Å². The van der Waals surface area contributed by atoms with Crippen LogP contribution in [0.5, 0.6) is 0 Å². The van der Waals surface area contributed by atoms with Crippen LogP contribution >= 0.6 is 0 Å². The van der Waals surface area contributed by atoms with Crippen molar-refractivity contribution in [3.8, 4) is 0 Å². The van der Waals surface area contributed by atoms with Gasteiger partial charge in [0.2, 0.25) is 0 Å². The Morgan fingerprint density at radius 2 is 2.33 bits per heavy atom. The molecule has 1 N–H and O–H groups in total. The third kappa shape index (κ3) is 1.56. The summed E-state index contributed by atoms with van der Waals surface area (Å²) in [5, 5.41) is 3.67. The summed E-state index contributed by atoms with van der Waals surface area (Å²) < 4.78 is 0. The van der Waals surface area contributed by atoms with Gasteiger partial charge in [0.15, 0.2) is 0 Å². The topological polar surface area (TPSA) is 12.0 Å². The van der Waals surface area contributed by atoms with Crippen LogP contribution in [0.4, 0.5) is 0 Å². The van der Waals surface area contributed by atoms with Crippen molar-refractivity contribution in [3.63, 3.8) is 0 Å². The van der Waals surface area contributed by atoms with Gasteiger partial charge in [-0.15, -0.1) is 6.58 Å². The van der Waals surface area contributed by atoms with Crippen molar-refractivity contribution in [3.05, 3.63) is 12.7 Å². The second-order valence-electron chi connectivity index (χ2n) is 4.33. The second-order valence-corrected chi connectivity index (χ2v) is 4.33. The van der Waals surface area contributed by atoms with Gasteiger partial charge in [-0.3, -0.25) is 0 Å². The van der Waals surface area contributed by atoms with Gasteiger partial charge in [0.25, 0.3) is 0 Å². The molecule has 0 radical (unpaired) electrons. The standard InChI is InChI=1S/C11H19N/c1-2-4-9-7-10-5-3-6-11(10)12-8-9/h2,9-12H,1,3-8H2. The molecule has 0 aromatic rings. The quantitative estimate of drug-likeness (QED) is 0.619. The van der Waals surface area contributed by atoms with Gasteiger partial charge in [0.05, 0.1) is 0 Å². The largest absolute Gasteiger partial charge is 0.313 e. The first kappa shape index (κ1) is 8.31. The Hall–Kier alpha value is -0.300. The first-order chi connectivity index (χ1) is 5.90. The van der Waals surface area contributed by atoms with Gasteiger partial charge in [-0.05, 0) is 44.1 Å². The molecule has 3 unspecified atom stereocenters. The van der Waals surface area contributed by atoms with Crippen LogP contribution in [0.15, 0.2) is 12.7 Å². The number of hydrogen-bond donors (Lipinski definition) is 1. The molecule has 1 aliphatic carbocycles. The molecule has 1 nitrogen and oxygen atoms in total. The molecule has 2 fully saturated rings. The molecule has 2 rings (SSSR count). The summed E-state index contributed by atoms with van der Waals surface area (Å²) in [5.74, 6) is 1.87. The molecule has 12 heavy (non-hydrogen) atoms. The van der Waals surface area contributed by atoms with Crippen LogP contribution in [0.3, 0.4) is 0 Å². The van der Waals surface area contributed by atoms with Crippen LogP contribution in [0.1, 0.15) is 32.1 Å². The predicted octanol–water partition coefficient (Wildman–Crippen LogP) is 2.34. The molecule has 0 bridgehead atoms. The Labute approximate surface area is 75.2 Å². The predicted molar refractivity (Wildman–Crippen MR) is 52.1 cm³/mol. The Balaban J connectivity index is 1.87. The van der Waals surface area contributed by atoms with Gasteiger partial charge in [-0.2, -0.15) is 0 Å². The van der Waals surface area contributed by atoms with Gasteiger partial charge in [0, 0.05) is 6.04 Å². The van der Waals surface area contributed by atoms with Crippen molar-refractivity contribution in [2.45, 2.75) is 38.1 Å². The highest BCUT2D eigenvalue weighted by molar-refractivity contribution is 4.91. The van der Waals surface area contributed by atoms with Crippen LogP contribution in [0.2, 0.25) is 0 Å². The molecule has 1 heteroatoms. The third-order valence-corrected chi connectivity index (χ3v) is 3.46. The molecular formula is C11H19N. The van der Waals surface area contributed by atoms with Crippen molar-refractivity contribution in [2.75, 3.05) is 6.54 Å². The molecule has 0 aromatic carbocycles. The van der Waals surface area contributed by atoms with Gasteiger partial charge in [0.1, 0.15) is 0 Å². The number of nitrogens with one attached hydrogen (secondary N) is 1. The van der Waals surface area contributed by atoms with E-state index >= 15 is 0 Å². The average Bonchev–Trinajstić information content (AvgIpc) is 2.51. The second kappa shape index (κ2) is 3.61. The van der Waals surface area contributed by atoms with Gasteiger partial charge < -0.3 is 5.32 Å². The minimum atomic E-state index is 0.867. The minimum absolute atomic E-state index is 0.867. The molecule has 1 saturated heterocycles. The first-order valence-electron chi connectivity index (χ1n) is 5.24. The van der Waals surface area contributed by atoms with Gasteiger partial charge in [-0.25, -0.2) is 0 Å². The highest BCUT2D eigenvalue weighted by Crippen LogP contribution is 2.34. The minimum Gasteiger partial charge on any atom is -0.313 e. The maximum atomic E-state index is 3.81. The summed E-state index contributed by atoms with van der Waals surface area (Å²) in [6.45, 7) is 5.04. The highest BCUT2D eigenvalue weighted by atomic mass is 14.9. The number of fused-ring (bicyclic) bond motifs is 1. The van der Waals surface area contributed by atoms with Crippen molar-refractivity contribution >= 4 is 0 Å². The fourth-order valence-electron chi connectivity index (χ4n) is 2.83. The zero-order valence-corrected chi connectivity index (χ0v) is 7.76. The van der Waals surface area contributed by atoms with E-state index in [4.69, 9.17) is 0 Å². The first-order valence-corrected chi connectivity index (χ1v) is 5.24. The van der Waals surface area contributed by atoms with Crippen molar-refractivity contribution in [2.24, 2.45) is 11.8 Å². The van der Waals surface area contributed by atoms with Gasteiger partial charge >= 0.3 is 0 Å². The fourth-order valence-corrected chi connectivity index (χ4v) is 2.83. The molecule has 1 aliphatic heterocycles. The zero-order valence-electron chi connectivity index (χ0n) is 7.76. The summed E-state index contributed by atoms with van der Waals surface area (Å²) in [6, 6.07) is 0.867. The molecule has 0 amide bonds. The number of rotatable bonds is 2. The van der Waals surface area contributed by atoms with E-state index in [1.165, 1.54) is 38.6 Å². The Morgan fingerprint density at radius 3 is 3.17 bits per heavy atom. The van der Waals surface area contributed by atoms with Crippen LogP contribution in [0.25, 0.3) is 0 Å². The Morgan fingerprint density at radius 1 is 1.42 bits per heavy atom. The lowest BCUT2D eigenvalue weighted by molar-refractivity contribution is 0.245. The van der Waals surface area contributed by atoms with E-state index in [9.17, 15) is 0 Å². The molecular weight excluding hydrogens is 146 g/mol. The van der Waals surface area contributed by atoms with Crippen LogP contribution < -0.4 is 5.32 Å². The summed E-state index contributed by atoms with van der Waals surface area (Å²) in [7, 11) is 0. The molecule has 1 heterocycles. The van der Waals surface area contributed by atoms with E-state index in [-0.39, 0.29) is 0 Å². The monoisotopic (exact) mass is 165 g/mol. The van der Waals surface area contributed by atoms with E-state index < -0.39 is 0 Å². The highest BCUT2D eigenvalue weighted by Gasteiger charge is 2.32. The lowest BCUT2D eigenvalue weighted by Gasteiger charge is -2.32. The van der Waals surface area contributed by atoms with Crippen molar-refractivity contribution in [1.82, 2.24) is 5.32 Å². The molecule has 1 saturated carbocycles. The lowest BCUT2D eigenvalue weighted by atomic mass is 9.85. The van der Waals surface area contributed by atoms with Crippen LogP contribution in [-0.2, 0) is 0 Å². The molecule has 0 aromatic heterocycles. The normalized spacial score (nSPS) is 40.8. The molecule has 3 atom stereocenters. The number of piperidine rings is 1. The Bertz CT molecular complexity index is 164. The average molecular weight is 165 g/mol. The van der Waals surface area contributed by atoms with Crippen LogP contribution in [-0.4, -0.2) is 12.6 Å². The molecule has 0 spiro atoms. The summed E-state index contributed by atoms with van der Waals surface area (Å²) >= 11 is 0. The third-order valence-electron chi connectivity index (χ3n) is 3.46.